The minimum Gasteiger partial charge on any atom is -0.378 e. The first-order valence-electron chi connectivity index (χ1n) is 7.60. The molecular formula is C14H25N3O3. The third kappa shape index (κ3) is 3.93. The molecule has 2 N–H and O–H groups in total. The van der Waals surface area contributed by atoms with E-state index in [2.05, 4.69) is 10.6 Å². The number of hydrogen-bond donors (Lipinski definition) is 2. The highest BCUT2D eigenvalue weighted by atomic mass is 16.5. The van der Waals surface area contributed by atoms with Crippen LogP contribution in [0.4, 0.5) is 0 Å². The van der Waals surface area contributed by atoms with Gasteiger partial charge in [0.25, 0.3) is 0 Å². The molecule has 2 heterocycles. The molecule has 2 saturated heterocycles. The maximum atomic E-state index is 12.4. The number of likely N-dealkylation sites (tertiary alicyclic amines) is 1. The van der Waals surface area contributed by atoms with E-state index < -0.39 is 0 Å². The summed E-state index contributed by atoms with van der Waals surface area (Å²) in [5.74, 6) is 0.0821. The highest BCUT2D eigenvalue weighted by molar-refractivity contribution is 5.84. The maximum Gasteiger partial charge on any atom is 0.242 e. The number of nitrogens with one attached hydrogen (secondary N) is 2. The number of rotatable bonds is 4. The number of carbonyl (C=O) groups excluding carboxylic acids is 2. The highest BCUT2D eigenvalue weighted by Crippen LogP contribution is 2.18. The number of amides is 2. The molecule has 0 aliphatic carbocycles. The molecule has 0 aromatic heterocycles. The largest absolute Gasteiger partial charge is 0.378 e. The Bertz CT molecular complexity index is 343. The van der Waals surface area contributed by atoms with Crippen LogP contribution in [0.15, 0.2) is 0 Å². The lowest BCUT2D eigenvalue weighted by Crippen LogP contribution is -2.55. The molecule has 6 heteroatoms. The summed E-state index contributed by atoms with van der Waals surface area (Å²) in [7, 11) is 0. The van der Waals surface area contributed by atoms with E-state index in [4.69, 9.17) is 4.74 Å². The van der Waals surface area contributed by atoms with Crippen LogP contribution in [0, 0.1) is 5.92 Å². The Morgan fingerprint density at radius 1 is 1.45 bits per heavy atom. The lowest BCUT2D eigenvalue weighted by Gasteiger charge is -2.35. The van der Waals surface area contributed by atoms with Crippen molar-refractivity contribution in [2.45, 2.75) is 32.2 Å². The zero-order valence-corrected chi connectivity index (χ0v) is 12.2. The monoisotopic (exact) mass is 283 g/mol. The van der Waals surface area contributed by atoms with E-state index in [1.54, 1.807) is 0 Å². The summed E-state index contributed by atoms with van der Waals surface area (Å²) in [6.07, 6.45) is 2.70. The topological polar surface area (TPSA) is 70.7 Å². The van der Waals surface area contributed by atoms with Gasteiger partial charge >= 0.3 is 0 Å². The van der Waals surface area contributed by atoms with Crippen LogP contribution in [0.5, 0.6) is 0 Å². The van der Waals surface area contributed by atoms with Crippen molar-refractivity contribution in [1.29, 1.82) is 0 Å². The summed E-state index contributed by atoms with van der Waals surface area (Å²) in [6, 6.07) is -0.249. The van der Waals surface area contributed by atoms with Crippen molar-refractivity contribution in [3.8, 4) is 0 Å². The number of carbonyl (C=O) groups is 2. The number of morpholine rings is 1. The SMILES string of the molecule is CCCNC(=O)C1CCCN(C(=O)C2COCCN2)C1. The molecule has 0 radical (unpaired) electrons. The van der Waals surface area contributed by atoms with Crippen LogP contribution < -0.4 is 10.6 Å². The molecule has 20 heavy (non-hydrogen) atoms. The van der Waals surface area contributed by atoms with E-state index in [9.17, 15) is 9.59 Å². The van der Waals surface area contributed by atoms with Crippen molar-refractivity contribution in [2.75, 3.05) is 39.4 Å². The van der Waals surface area contributed by atoms with Gasteiger partial charge in [0.05, 0.1) is 19.1 Å². The Hall–Kier alpha value is -1.14. The Balaban J connectivity index is 1.85. The molecule has 114 valence electrons. The predicted octanol–water partition coefficient (Wildman–Crippen LogP) is -0.260. The molecule has 2 amide bonds. The predicted molar refractivity (Wildman–Crippen MR) is 75.2 cm³/mol. The van der Waals surface area contributed by atoms with Crippen molar-refractivity contribution < 1.29 is 14.3 Å². The van der Waals surface area contributed by atoms with E-state index in [0.717, 1.165) is 25.8 Å². The van der Waals surface area contributed by atoms with Gasteiger partial charge in [-0.05, 0) is 19.3 Å². The van der Waals surface area contributed by atoms with Gasteiger partial charge in [-0.15, -0.1) is 0 Å². The molecule has 2 unspecified atom stereocenters. The first kappa shape index (κ1) is 15.3. The number of ether oxygens (including phenoxy) is 1. The molecule has 2 atom stereocenters. The van der Waals surface area contributed by atoms with E-state index in [1.807, 2.05) is 11.8 Å². The lowest BCUT2D eigenvalue weighted by molar-refractivity contribution is -0.140. The fourth-order valence-corrected chi connectivity index (χ4v) is 2.73. The van der Waals surface area contributed by atoms with Crippen LogP contribution in [-0.4, -0.2) is 62.1 Å². The van der Waals surface area contributed by atoms with Gasteiger partial charge in [0.1, 0.15) is 6.04 Å². The molecule has 0 aromatic rings. The molecule has 2 fully saturated rings. The van der Waals surface area contributed by atoms with Gasteiger partial charge in [0, 0.05) is 26.2 Å². The van der Waals surface area contributed by atoms with Gasteiger partial charge in [-0.3, -0.25) is 9.59 Å². The average molecular weight is 283 g/mol. The van der Waals surface area contributed by atoms with Gasteiger partial charge in [0.15, 0.2) is 0 Å². The van der Waals surface area contributed by atoms with Crippen molar-refractivity contribution in [3.63, 3.8) is 0 Å². The Labute approximate surface area is 120 Å². The van der Waals surface area contributed by atoms with Crippen LogP contribution >= 0.6 is 0 Å². The first-order valence-corrected chi connectivity index (χ1v) is 7.60. The van der Waals surface area contributed by atoms with Crippen LogP contribution in [0.25, 0.3) is 0 Å². The van der Waals surface area contributed by atoms with Gasteiger partial charge in [-0.1, -0.05) is 6.92 Å². The standard InChI is InChI=1S/C14H25N3O3/c1-2-5-16-13(18)11-4-3-7-17(9-11)14(19)12-10-20-8-6-15-12/h11-12,15H,2-10H2,1H3,(H,16,18). The van der Waals surface area contributed by atoms with E-state index in [-0.39, 0.29) is 23.8 Å². The molecule has 0 aromatic carbocycles. The van der Waals surface area contributed by atoms with Crippen LogP contribution in [-0.2, 0) is 14.3 Å². The Morgan fingerprint density at radius 2 is 2.30 bits per heavy atom. The summed E-state index contributed by atoms with van der Waals surface area (Å²) >= 11 is 0. The molecular weight excluding hydrogens is 258 g/mol. The number of piperidine rings is 1. The smallest absolute Gasteiger partial charge is 0.242 e. The molecule has 2 aliphatic rings. The van der Waals surface area contributed by atoms with E-state index in [1.165, 1.54) is 0 Å². The maximum absolute atomic E-state index is 12.4. The van der Waals surface area contributed by atoms with Crippen molar-refractivity contribution in [3.05, 3.63) is 0 Å². The fraction of sp³-hybridized carbons (Fsp3) is 0.857. The van der Waals surface area contributed by atoms with E-state index >= 15 is 0 Å². The van der Waals surface area contributed by atoms with Gasteiger partial charge in [-0.2, -0.15) is 0 Å². The molecule has 0 saturated carbocycles. The van der Waals surface area contributed by atoms with Gasteiger partial charge in [0.2, 0.25) is 11.8 Å². The fourth-order valence-electron chi connectivity index (χ4n) is 2.73. The van der Waals surface area contributed by atoms with Crippen LogP contribution in [0.3, 0.4) is 0 Å². The third-order valence-corrected chi connectivity index (χ3v) is 3.87. The zero-order valence-electron chi connectivity index (χ0n) is 12.2. The Kier molecular flexibility index (Phi) is 5.79. The second-order valence-electron chi connectivity index (χ2n) is 5.50. The highest BCUT2D eigenvalue weighted by Gasteiger charge is 2.32. The summed E-state index contributed by atoms with van der Waals surface area (Å²) in [5, 5.41) is 6.10. The van der Waals surface area contributed by atoms with Gasteiger partial charge in [-0.25, -0.2) is 0 Å². The quantitative estimate of drug-likeness (QED) is 0.746. The van der Waals surface area contributed by atoms with E-state index in [0.29, 0.717) is 32.8 Å². The van der Waals surface area contributed by atoms with Crippen LogP contribution in [0.1, 0.15) is 26.2 Å². The second-order valence-corrected chi connectivity index (χ2v) is 5.50. The summed E-state index contributed by atoms with van der Waals surface area (Å²) in [6.45, 7) is 5.83. The van der Waals surface area contributed by atoms with Gasteiger partial charge < -0.3 is 20.3 Å². The minimum atomic E-state index is -0.249. The number of hydrogen-bond acceptors (Lipinski definition) is 4. The van der Waals surface area contributed by atoms with Crippen LogP contribution in [0.2, 0.25) is 0 Å². The summed E-state index contributed by atoms with van der Waals surface area (Å²) in [4.78, 5) is 26.2. The molecule has 6 nitrogen and oxygen atoms in total. The molecule has 0 bridgehead atoms. The first-order chi connectivity index (χ1) is 9.72. The molecule has 2 rings (SSSR count). The Morgan fingerprint density at radius 3 is 3.00 bits per heavy atom. The molecule has 2 aliphatic heterocycles. The number of nitrogens with zero attached hydrogens (tertiary/aromatic N) is 1. The zero-order chi connectivity index (χ0) is 14.4. The minimum absolute atomic E-state index is 0.0660. The molecule has 0 spiro atoms. The average Bonchev–Trinajstić information content (AvgIpc) is 2.52. The normalized spacial score (nSPS) is 27.1. The summed E-state index contributed by atoms with van der Waals surface area (Å²) in [5.41, 5.74) is 0. The summed E-state index contributed by atoms with van der Waals surface area (Å²) < 4.78 is 5.33. The lowest BCUT2D eigenvalue weighted by atomic mass is 9.96. The van der Waals surface area contributed by atoms with Crippen molar-refractivity contribution in [1.82, 2.24) is 15.5 Å². The second kappa shape index (κ2) is 7.59. The third-order valence-electron chi connectivity index (χ3n) is 3.87. The van der Waals surface area contributed by atoms with Crippen molar-refractivity contribution >= 4 is 11.8 Å². The van der Waals surface area contributed by atoms with Crippen molar-refractivity contribution in [2.24, 2.45) is 5.92 Å².